The van der Waals surface area contributed by atoms with E-state index in [0.29, 0.717) is 18.3 Å². The predicted molar refractivity (Wildman–Crippen MR) is 73.9 cm³/mol. The van der Waals surface area contributed by atoms with Gasteiger partial charge in [0.25, 0.3) is 5.91 Å². The Morgan fingerprint density at radius 1 is 1.39 bits per heavy atom. The molecule has 1 amide bonds. The molecule has 5 nitrogen and oxygen atoms in total. The van der Waals surface area contributed by atoms with E-state index >= 15 is 0 Å². The van der Waals surface area contributed by atoms with E-state index in [0.717, 1.165) is 12.4 Å². The molecule has 0 atom stereocenters. The summed E-state index contributed by atoms with van der Waals surface area (Å²) in [5.74, 6) is 0.592. The summed E-state index contributed by atoms with van der Waals surface area (Å²) in [6.45, 7) is 5.50. The van der Waals surface area contributed by atoms with Gasteiger partial charge in [0.2, 0.25) is 0 Å². The standard InChI is InChI=1S/C13H22N4O/c1-10(2)15-12-7-5-6-11(16-12)13(18)14-8-9-17(3)4/h5-7,10H,8-9H2,1-4H3,(H,14,18)(H,15,16). The van der Waals surface area contributed by atoms with Crippen LogP contribution in [0.25, 0.3) is 0 Å². The van der Waals surface area contributed by atoms with Crippen LogP contribution in [0.5, 0.6) is 0 Å². The highest BCUT2D eigenvalue weighted by atomic mass is 16.1. The quantitative estimate of drug-likeness (QED) is 0.796. The third kappa shape index (κ3) is 5.14. The zero-order valence-electron chi connectivity index (χ0n) is 11.5. The fourth-order valence-corrected chi connectivity index (χ4v) is 1.42. The highest BCUT2D eigenvalue weighted by molar-refractivity contribution is 5.92. The van der Waals surface area contributed by atoms with E-state index in [2.05, 4.69) is 15.6 Å². The van der Waals surface area contributed by atoms with Crippen LogP contribution in [0.3, 0.4) is 0 Å². The fraction of sp³-hybridized carbons (Fsp3) is 0.538. The molecule has 18 heavy (non-hydrogen) atoms. The van der Waals surface area contributed by atoms with E-state index < -0.39 is 0 Å². The average molecular weight is 250 g/mol. The molecule has 0 radical (unpaired) electrons. The number of anilines is 1. The van der Waals surface area contributed by atoms with Crippen LogP contribution in [0, 0.1) is 0 Å². The van der Waals surface area contributed by atoms with Crippen molar-refractivity contribution in [1.29, 1.82) is 0 Å². The molecule has 5 heteroatoms. The number of rotatable bonds is 6. The van der Waals surface area contributed by atoms with Crippen molar-refractivity contribution in [2.75, 3.05) is 32.5 Å². The monoisotopic (exact) mass is 250 g/mol. The third-order valence-electron chi connectivity index (χ3n) is 2.26. The summed E-state index contributed by atoms with van der Waals surface area (Å²) >= 11 is 0. The van der Waals surface area contributed by atoms with Crippen LogP contribution in [0.4, 0.5) is 5.82 Å². The molecule has 1 aromatic rings. The second-order valence-electron chi connectivity index (χ2n) is 4.77. The van der Waals surface area contributed by atoms with Gasteiger partial charge in [-0.2, -0.15) is 0 Å². The summed E-state index contributed by atoms with van der Waals surface area (Å²) in [6, 6.07) is 5.70. The summed E-state index contributed by atoms with van der Waals surface area (Å²) in [7, 11) is 3.94. The van der Waals surface area contributed by atoms with E-state index in [1.165, 1.54) is 0 Å². The SMILES string of the molecule is CC(C)Nc1cccc(C(=O)NCCN(C)C)n1. The van der Waals surface area contributed by atoms with Crippen molar-refractivity contribution in [1.82, 2.24) is 15.2 Å². The van der Waals surface area contributed by atoms with Gasteiger partial charge < -0.3 is 15.5 Å². The summed E-state index contributed by atoms with van der Waals surface area (Å²) in [4.78, 5) is 18.1. The first-order chi connectivity index (χ1) is 8.49. The Bertz CT molecular complexity index is 390. The van der Waals surface area contributed by atoms with Gasteiger partial charge in [0.05, 0.1) is 0 Å². The number of nitrogens with zero attached hydrogens (tertiary/aromatic N) is 2. The lowest BCUT2D eigenvalue weighted by atomic mass is 10.3. The number of carbonyl (C=O) groups is 1. The molecule has 0 aromatic carbocycles. The van der Waals surface area contributed by atoms with Crippen LogP contribution in [-0.4, -0.2) is 49.0 Å². The maximum Gasteiger partial charge on any atom is 0.270 e. The van der Waals surface area contributed by atoms with Gasteiger partial charge in [-0.3, -0.25) is 4.79 Å². The van der Waals surface area contributed by atoms with Gasteiger partial charge in [0.15, 0.2) is 0 Å². The van der Waals surface area contributed by atoms with Crippen molar-refractivity contribution in [3.8, 4) is 0 Å². The summed E-state index contributed by atoms with van der Waals surface area (Å²) in [6.07, 6.45) is 0. The number of nitrogens with one attached hydrogen (secondary N) is 2. The Morgan fingerprint density at radius 3 is 2.72 bits per heavy atom. The largest absolute Gasteiger partial charge is 0.368 e. The van der Waals surface area contributed by atoms with Crippen LogP contribution >= 0.6 is 0 Å². The zero-order valence-corrected chi connectivity index (χ0v) is 11.5. The van der Waals surface area contributed by atoms with Crippen LogP contribution in [-0.2, 0) is 0 Å². The predicted octanol–water partition coefficient (Wildman–Crippen LogP) is 1.19. The fourth-order valence-electron chi connectivity index (χ4n) is 1.42. The minimum atomic E-state index is -0.135. The van der Waals surface area contributed by atoms with Crippen LogP contribution < -0.4 is 10.6 Å². The van der Waals surface area contributed by atoms with Crippen molar-refractivity contribution in [3.63, 3.8) is 0 Å². The van der Waals surface area contributed by atoms with E-state index in [9.17, 15) is 4.79 Å². The molecule has 1 heterocycles. The second-order valence-corrected chi connectivity index (χ2v) is 4.77. The normalized spacial score (nSPS) is 10.8. The molecule has 1 aromatic heterocycles. The Morgan fingerprint density at radius 2 is 2.11 bits per heavy atom. The lowest BCUT2D eigenvalue weighted by Gasteiger charge is -2.12. The van der Waals surface area contributed by atoms with Crippen molar-refractivity contribution in [2.24, 2.45) is 0 Å². The van der Waals surface area contributed by atoms with Gasteiger partial charge in [-0.05, 0) is 40.1 Å². The lowest BCUT2D eigenvalue weighted by molar-refractivity contribution is 0.0946. The number of pyridine rings is 1. The molecule has 1 rings (SSSR count). The Balaban J connectivity index is 2.57. The van der Waals surface area contributed by atoms with Crippen molar-refractivity contribution in [2.45, 2.75) is 19.9 Å². The number of likely N-dealkylation sites (N-methyl/N-ethyl adjacent to an activating group) is 1. The van der Waals surface area contributed by atoms with E-state index in [-0.39, 0.29) is 5.91 Å². The number of carbonyl (C=O) groups excluding carboxylic acids is 1. The Labute approximate surface area is 109 Å². The molecular weight excluding hydrogens is 228 g/mol. The van der Waals surface area contributed by atoms with E-state index in [1.54, 1.807) is 6.07 Å². The maximum atomic E-state index is 11.8. The van der Waals surface area contributed by atoms with Crippen LogP contribution in [0.1, 0.15) is 24.3 Å². The average Bonchev–Trinajstić information content (AvgIpc) is 2.27. The molecule has 0 aliphatic rings. The van der Waals surface area contributed by atoms with Gasteiger partial charge in [0, 0.05) is 19.1 Å². The van der Waals surface area contributed by atoms with Gasteiger partial charge in [-0.1, -0.05) is 6.07 Å². The van der Waals surface area contributed by atoms with E-state index in [1.807, 2.05) is 45.0 Å². The lowest BCUT2D eigenvalue weighted by Crippen LogP contribution is -2.31. The van der Waals surface area contributed by atoms with Gasteiger partial charge in [-0.25, -0.2) is 4.98 Å². The van der Waals surface area contributed by atoms with Crippen LogP contribution in [0.15, 0.2) is 18.2 Å². The minimum Gasteiger partial charge on any atom is -0.368 e. The molecule has 0 unspecified atom stereocenters. The highest BCUT2D eigenvalue weighted by Gasteiger charge is 2.07. The first-order valence-corrected chi connectivity index (χ1v) is 6.15. The van der Waals surface area contributed by atoms with Gasteiger partial charge >= 0.3 is 0 Å². The molecule has 2 N–H and O–H groups in total. The van der Waals surface area contributed by atoms with Gasteiger partial charge in [-0.15, -0.1) is 0 Å². The Kier molecular flexibility index (Phi) is 5.58. The number of aromatic nitrogens is 1. The molecular formula is C13H22N4O. The molecule has 0 aliphatic heterocycles. The maximum absolute atomic E-state index is 11.8. The molecule has 0 spiro atoms. The highest BCUT2D eigenvalue weighted by Crippen LogP contribution is 2.06. The van der Waals surface area contributed by atoms with Crippen molar-refractivity contribution >= 4 is 11.7 Å². The second kappa shape index (κ2) is 6.96. The molecule has 0 aliphatic carbocycles. The number of hydrogen-bond acceptors (Lipinski definition) is 4. The van der Waals surface area contributed by atoms with Crippen molar-refractivity contribution in [3.05, 3.63) is 23.9 Å². The molecule has 100 valence electrons. The number of hydrogen-bond donors (Lipinski definition) is 2. The first kappa shape index (κ1) is 14.4. The van der Waals surface area contributed by atoms with Crippen molar-refractivity contribution < 1.29 is 4.79 Å². The molecule has 0 fully saturated rings. The summed E-state index contributed by atoms with van der Waals surface area (Å²) in [5.41, 5.74) is 0.444. The molecule has 0 bridgehead atoms. The van der Waals surface area contributed by atoms with Crippen LogP contribution in [0.2, 0.25) is 0 Å². The molecule has 0 saturated carbocycles. The zero-order chi connectivity index (χ0) is 13.5. The number of amides is 1. The third-order valence-corrected chi connectivity index (χ3v) is 2.26. The minimum absolute atomic E-state index is 0.135. The first-order valence-electron chi connectivity index (χ1n) is 6.15. The smallest absolute Gasteiger partial charge is 0.270 e. The summed E-state index contributed by atoms with van der Waals surface area (Å²) in [5, 5.41) is 6.01. The van der Waals surface area contributed by atoms with E-state index in [4.69, 9.17) is 0 Å². The molecule has 0 saturated heterocycles. The Hall–Kier alpha value is -1.62. The van der Waals surface area contributed by atoms with Gasteiger partial charge in [0.1, 0.15) is 11.5 Å². The topological polar surface area (TPSA) is 57.3 Å². The summed E-state index contributed by atoms with van der Waals surface area (Å²) < 4.78 is 0.